The van der Waals surface area contributed by atoms with Crippen molar-refractivity contribution in [2.75, 3.05) is 0 Å². The topological polar surface area (TPSA) is 69.6 Å². The molecule has 1 rings (SSSR count). The fourth-order valence-electron chi connectivity index (χ4n) is 2.16. The number of pyridine rings is 1. The molecule has 0 saturated heterocycles. The zero-order valence-corrected chi connectivity index (χ0v) is 13.2. The van der Waals surface area contributed by atoms with Gasteiger partial charge >= 0.3 is 6.43 Å². The zero-order valence-electron chi connectivity index (χ0n) is 13.2. The molecule has 5 nitrogen and oxygen atoms in total. The number of halogens is 2. The minimum Gasteiger partial charge on any atom is -0.471 e. The van der Waals surface area contributed by atoms with Gasteiger partial charge < -0.3 is 15.1 Å². The third-order valence-electron chi connectivity index (χ3n) is 3.74. The molecule has 0 spiro atoms. The summed E-state index contributed by atoms with van der Waals surface area (Å²) in [4.78, 5) is 12.1. The molecule has 0 aliphatic carbocycles. The van der Waals surface area contributed by atoms with E-state index in [9.17, 15) is 13.6 Å². The first-order chi connectivity index (χ1) is 10.4. The van der Waals surface area contributed by atoms with Gasteiger partial charge in [-0.3, -0.25) is 4.79 Å². The van der Waals surface area contributed by atoms with Gasteiger partial charge in [-0.25, -0.2) is 0 Å². The Kier molecular flexibility index (Phi) is 7.01. The van der Waals surface area contributed by atoms with Crippen molar-refractivity contribution in [1.29, 1.82) is 0 Å². The van der Waals surface area contributed by atoms with E-state index in [4.69, 9.17) is 10.6 Å². The predicted octanol–water partition coefficient (Wildman–Crippen LogP) is 2.65. The van der Waals surface area contributed by atoms with Gasteiger partial charge in [0.1, 0.15) is 6.61 Å². The van der Waals surface area contributed by atoms with Crippen LogP contribution < -0.4 is 11.4 Å². The summed E-state index contributed by atoms with van der Waals surface area (Å²) in [6.07, 6.45) is 0.858. The lowest BCUT2D eigenvalue weighted by molar-refractivity contribution is 0.161. The van der Waals surface area contributed by atoms with E-state index in [0.29, 0.717) is 18.0 Å². The molecule has 0 unspecified atom stereocenters. The van der Waals surface area contributed by atoms with Crippen LogP contribution in [0.4, 0.5) is 8.78 Å². The number of rotatable bonds is 7. The highest BCUT2D eigenvalue weighted by molar-refractivity contribution is 5.78. The smallest absolute Gasteiger partial charge is 0.314 e. The average molecular weight is 315 g/mol. The highest BCUT2D eigenvalue weighted by Crippen LogP contribution is 2.12. The molecule has 1 aromatic heterocycles. The van der Waals surface area contributed by atoms with Crippen LogP contribution in [-0.4, -0.2) is 16.9 Å². The Labute approximate surface area is 128 Å². The number of hydrogen-bond donors (Lipinski definition) is 1. The molecule has 0 aliphatic rings. The van der Waals surface area contributed by atoms with E-state index in [-0.39, 0.29) is 12.2 Å². The van der Waals surface area contributed by atoms with Crippen molar-refractivity contribution >= 4 is 5.90 Å². The van der Waals surface area contributed by atoms with Gasteiger partial charge in [-0.05, 0) is 24.0 Å². The maximum absolute atomic E-state index is 12.5. The molecule has 124 valence electrons. The molecule has 1 aromatic rings. The molecule has 7 heteroatoms. The Bertz CT molecular complexity index is 566. The summed E-state index contributed by atoms with van der Waals surface area (Å²) in [5, 5.41) is 2.89. The van der Waals surface area contributed by atoms with E-state index in [0.717, 1.165) is 18.4 Å². The van der Waals surface area contributed by atoms with Crippen LogP contribution >= 0.6 is 0 Å². The number of nitrogens with two attached hydrogens (primary N) is 1. The molecule has 0 aromatic carbocycles. The van der Waals surface area contributed by atoms with Crippen LogP contribution in [0.5, 0.6) is 0 Å². The lowest BCUT2D eigenvalue weighted by atomic mass is 10.0. The summed E-state index contributed by atoms with van der Waals surface area (Å²) in [7, 11) is 0. The molecule has 0 fully saturated rings. The summed E-state index contributed by atoms with van der Waals surface area (Å²) in [6, 6.07) is 1.41. The Balaban J connectivity index is 2.88. The van der Waals surface area contributed by atoms with Crippen molar-refractivity contribution in [3.63, 3.8) is 0 Å². The summed E-state index contributed by atoms with van der Waals surface area (Å²) in [5.41, 5.74) is 1.18. The Morgan fingerprint density at radius 1 is 1.41 bits per heavy atom. The minimum absolute atomic E-state index is 0.159. The number of aryl methyl sites for hydroxylation is 1. The molecule has 0 atom stereocenters. The van der Waals surface area contributed by atoms with Crippen LogP contribution in [0.15, 0.2) is 22.2 Å². The van der Waals surface area contributed by atoms with Crippen LogP contribution in [0.3, 0.4) is 0 Å². The van der Waals surface area contributed by atoms with Gasteiger partial charge in [0.15, 0.2) is 0 Å². The van der Waals surface area contributed by atoms with Crippen LogP contribution in [-0.2, 0) is 17.9 Å². The first-order valence-corrected chi connectivity index (χ1v) is 7.31. The largest absolute Gasteiger partial charge is 0.471 e. The van der Waals surface area contributed by atoms with Gasteiger partial charge in [0, 0.05) is 18.8 Å². The quantitative estimate of drug-likeness (QED) is 0.364. The third-order valence-corrected chi connectivity index (χ3v) is 3.74. The summed E-state index contributed by atoms with van der Waals surface area (Å²) in [6.45, 7) is 6.48. The number of aromatic nitrogens is 1. The van der Waals surface area contributed by atoms with Gasteiger partial charge in [0.25, 0.3) is 11.5 Å². The summed E-state index contributed by atoms with van der Waals surface area (Å²) >= 11 is 0. The molecule has 0 bridgehead atoms. The number of hydrazone groups is 1. The van der Waals surface area contributed by atoms with Gasteiger partial charge in [-0.2, -0.15) is 8.78 Å². The average Bonchev–Trinajstić information content (AvgIpc) is 2.49. The van der Waals surface area contributed by atoms with E-state index < -0.39 is 12.3 Å². The highest BCUT2D eigenvalue weighted by atomic mass is 19.3. The lowest BCUT2D eigenvalue weighted by Gasteiger charge is -2.16. The van der Waals surface area contributed by atoms with Gasteiger partial charge in [-0.15, -0.1) is 5.10 Å². The van der Waals surface area contributed by atoms with Crippen molar-refractivity contribution in [2.24, 2.45) is 16.9 Å². The van der Waals surface area contributed by atoms with Crippen LogP contribution in [0.2, 0.25) is 0 Å². The molecule has 22 heavy (non-hydrogen) atoms. The monoisotopic (exact) mass is 315 g/mol. The second kappa shape index (κ2) is 8.51. The number of ether oxygens (including phenoxy) is 1. The Hall–Kier alpha value is -1.92. The van der Waals surface area contributed by atoms with Gasteiger partial charge in [-0.1, -0.05) is 26.7 Å². The highest BCUT2D eigenvalue weighted by Gasteiger charge is 2.16. The first-order valence-electron chi connectivity index (χ1n) is 7.31. The van der Waals surface area contributed by atoms with Crippen LogP contribution in [0.25, 0.3) is 0 Å². The maximum Gasteiger partial charge on any atom is 0.314 e. The number of nitrogens with zero attached hydrogens (tertiary/aromatic N) is 2. The Morgan fingerprint density at radius 3 is 2.55 bits per heavy atom. The van der Waals surface area contributed by atoms with Gasteiger partial charge in [0.2, 0.25) is 0 Å². The molecule has 0 radical (unpaired) electrons. The standard InChI is InChI=1S/C15H23F2N3O2/c1-4-11(5-2)8-20-7-10(3)12(6-13(20)21)9-22-15(19-18)14(16)17/h6-7,11,14H,4-5,8-9,18H2,1-3H3/b19-15-. The normalized spacial score (nSPS) is 12.2. The fourth-order valence-corrected chi connectivity index (χ4v) is 2.16. The molecule has 0 aliphatic heterocycles. The fraction of sp³-hybridized carbons (Fsp3) is 0.600. The molecule has 0 amide bonds. The van der Waals surface area contributed by atoms with Crippen molar-refractivity contribution in [3.05, 3.63) is 33.7 Å². The first kappa shape index (κ1) is 18.1. The van der Waals surface area contributed by atoms with Crippen molar-refractivity contribution in [2.45, 2.75) is 53.2 Å². The van der Waals surface area contributed by atoms with Gasteiger partial charge in [0.05, 0.1) is 0 Å². The SMILES string of the molecule is CCC(CC)Cn1cc(C)c(CO/C(=N\N)C(F)F)cc1=O. The number of alkyl halides is 2. The minimum atomic E-state index is -2.87. The predicted molar refractivity (Wildman–Crippen MR) is 81.9 cm³/mol. The molecule has 0 saturated carbocycles. The van der Waals surface area contributed by atoms with Crippen LogP contribution in [0.1, 0.15) is 37.8 Å². The maximum atomic E-state index is 12.5. The summed E-state index contributed by atoms with van der Waals surface area (Å²) in [5.74, 6) is 4.44. The zero-order chi connectivity index (χ0) is 16.7. The molecule has 2 N–H and O–H groups in total. The van der Waals surface area contributed by atoms with Crippen molar-refractivity contribution in [1.82, 2.24) is 4.57 Å². The second-order valence-corrected chi connectivity index (χ2v) is 5.21. The Morgan fingerprint density at radius 2 is 2.05 bits per heavy atom. The summed E-state index contributed by atoms with van der Waals surface area (Å²) < 4.78 is 31.5. The second-order valence-electron chi connectivity index (χ2n) is 5.21. The number of hydrogen-bond acceptors (Lipinski definition) is 4. The molecular weight excluding hydrogens is 292 g/mol. The molecular formula is C15H23F2N3O2. The van der Waals surface area contributed by atoms with Crippen molar-refractivity contribution in [3.8, 4) is 0 Å². The third kappa shape index (κ3) is 4.82. The van der Waals surface area contributed by atoms with Crippen molar-refractivity contribution < 1.29 is 13.5 Å². The van der Waals surface area contributed by atoms with E-state index >= 15 is 0 Å². The van der Waals surface area contributed by atoms with E-state index in [1.165, 1.54) is 6.07 Å². The van der Waals surface area contributed by atoms with E-state index in [2.05, 4.69) is 18.9 Å². The van der Waals surface area contributed by atoms with E-state index in [1.807, 2.05) is 6.92 Å². The molecule has 1 heterocycles. The lowest BCUT2D eigenvalue weighted by Crippen LogP contribution is -2.25. The van der Waals surface area contributed by atoms with Crippen LogP contribution in [0, 0.1) is 12.8 Å². The van der Waals surface area contributed by atoms with E-state index in [1.54, 1.807) is 10.8 Å².